The van der Waals surface area contributed by atoms with E-state index in [2.05, 4.69) is 30.9 Å². The van der Waals surface area contributed by atoms with Gasteiger partial charge < -0.3 is 9.15 Å². The third-order valence-electron chi connectivity index (χ3n) is 3.56. The first-order chi connectivity index (χ1) is 12.5. The van der Waals surface area contributed by atoms with E-state index in [0.717, 1.165) is 15.6 Å². The molecule has 0 bridgehead atoms. The zero-order valence-corrected chi connectivity index (χ0v) is 15.5. The van der Waals surface area contributed by atoms with Gasteiger partial charge in [0.2, 0.25) is 11.8 Å². The first-order valence-electron chi connectivity index (χ1n) is 7.80. The smallest absolute Gasteiger partial charge is 0.387 e. The summed E-state index contributed by atoms with van der Waals surface area (Å²) in [7, 11) is 1.91. The molecule has 26 heavy (non-hydrogen) atoms. The number of ether oxygens (including phenoxy) is 1. The van der Waals surface area contributed by atoms with Crippen LogP contribution in [0.4, 0.5) is 8.78 Å². The predicted octanol–water partition coefficient (Wildman–Crippen LogP) is 4.73. The van der Waals surface area contributed by atoms with Crippen LogP contribution in [0.5, 0.6) is 5.75 Å². The van der Waals surface area contributed by atoms with Crippen LogP contribution >= 0.6 is 15.9 Å². The summed E-state index contributed by atoms with van der Waals surface area (Å²) < 4.78 is 35.3. The van der Waals surface area contributed by atoms with Gasteiger partial charge in [0.15, 0.2) is 0 Å². The molecule has 2 aromatic carbocycles. The molecule has 0 radical (unpaired) electrons. The zero-order valence-electron chi connectivity index (χ0n) is 13.9. The van der Waals surface area contributed by atoms with Crippen molar-refractivity contribution < 1.29 is 17.9 Å². The lowest BCUT2D eigenvalue weighted by molar-refractivity contribution is -0.0498. The van der Waals surface area contributed by atoms with Crippen molar-refractivity contribution in [2.75, 3.05) is 7.05 Å². The van der Waals surface area contributed by atoms with Crippen LogP contribution in [0.1, 0.15) is 11.5 Å². The van der Waals surface area contributed by atoms with E-state index in [1.165, 1.54) is 12.1 Å². The SMILES string of the molecule is CN(Cc1ccc(OC(F)F)cc1)Cc1nnc(-c2ccc(Br)cc2)o1. The molecule has 0 spiro atoms. The van der Waals surface area contributed by atoms with Gasteiger partial charge in [-0.15, -0.1) is 10.2 Å². The fourth-order valence-corrected chi connectivity index (χ4v) is 2.67. The van der Waals surface area contributed by atoms with Crippen molar-refractivity contribution in [3.63, 3.8) is 0 Å². The predicted molar refractivity (Wildman–Crippen MR) is 95.7 cm³/mol. The highest BCUT2D eigenvalue weighted by atomic mass is 79.9. The average Bonchev–Trinajstić information content (AvgIpc) is 3.05. The molecule has 1 aromatic heterocycles. The lowest BCUT2D eigenvalue weighted by atomic mass is 10.2. The van der Waals surface area contributed by atoms with Crippen LogP contribution in [0, 0.1) is 0 Å². The molecule has 0 saturated heterocycles. The molecule has 0 aliphatic heterocycles. The Hall–Kier alpha value is -2.32. The summed E-state index contributed by atoms with van der Waals surface area (Å²) in [6.07, 6.45) is 0. The summed E-state index contributed by atoms with van der Waals surface area (Å²) in [5.74, 6) is 1.11. The van der Waals surface area contributed by atoms with Gasteiger partial charge in [-0.3, -0.25) is 4.90 Å². The summed E-state index contributed by atoms with van der Waals surface area (Å²) >= 11 is 3.39. The molecule has 3 aromatic rings. The summed E-state index contributed by atoms with van der Waals surface area (Å²) in [6.45, 7) is -1.75. The van der Waals surface area contributed by atoms with Crippen LogP contribution in [0.25, 0.3) is 11.5 Å². The van der Waals surface area contributed by atoms with Crippen LogP contribution in [0.15, 0.2) is 57.4 Å². The van der Waals surface area contributed by atoms with Gasteiger partial charge in [0.25, 0.3) is 0 Å². The number of benzene rings is 2. The maximum absolute atomic E-state index is 12.2. The van der Waals surface area contributed by atoms with E-state index in [1.54, 1.807) is 12.1 Å². The van der Waals surface area contributed by atoms with Crippen LogP contribution in [0.3, 0.4) is 0 Å². The van der Waals surface area contributed by atoms with E-state index in [4.69, 9.17) is 4.42 Å². The first kappa shape index (κ1) is 18.5. The van der Waals surface area contributed by atoms with Crippen LogP contribution in [0.2, 0.25) is 0 Å². The Morgan fingerprint density at radius 1 is 1.04 bits per heavy atom. The van der Waals surface area contributed by atoms with Gasteiger partial charge >= 0.3 is 6.61 Å². The highest BCUT2D eigenvalue weighted by Gasteiger charge is 2.11. The van der Waals surface area contributed by atoms with E-state index in [-0.39, 0.29) is 5.75 Å². The number of aromatic nitrogens is 2. The highest BCUT2D eigenvalue weighted by Crippen LogP contribution is 2.21. The normalized spacial score (nSPS) is 11.3. The molecule has 136 valence electrons. The van der Waals surface area contributed by atoms with Crippen molar-refractivity contribution in [1.82, 2.24) is 15.1 Å². The molecule has 0 N–H and O–H groups in total. The van der Waals surface area contributed by atoms with Gasteiger partial charge in [0, 0.05) is 16.6 Å². The maximum atomic E-state index is 12.2. The van der Waals surface area contributed by atoms with E-state index >= 15 is 0 Å². The van der Waals surface area contributed by atoms with Gasteiger partial charge in [-0.1, -0.05) is 28.1 Å². The van der Waals surface area contributed by atoms with Crippen molar-refractivity contribution in [2.45, 2.75) is 19.7 Å². The van der Waals surface area contributed by atoms with E-state index < -0.39 is 6.61 Å². The average molecular weight is 424 g/mol. The number of alkyl halides is 2. The molecule has 0 unspecified atom stereocenters. The third-order valence-corrected chi connectivity index (χ3v) is 4.09. The van der Waals surface area contributed by atoms with Crippen molar-refractivity contribution in [2.24, 2.45) is 0 Å². The Bertz CT molecular complexity index is 838. The first-order valence-corrected chi connectivity index (χ1v) is 8.59. The molecule has 0 aliphatic rings. The second kappa shape index (κ2) is 8.37. The number of nitrogens with zero attached hydrogens (tertiary/aromatic N) is 3. The van der Waals surface area contributed by atoms with Crippen LogP contribution in [-0.2, 0) is 13.1 Å². The summed E-state index contributed by atoms with van der Waals surface area (Å²) in [4.78, 5) is 1.99. The lowest BCUT2D eigenvalue weighted by Crippen LogP contribution is -2.17. The molecule has 5 nitrogen and oxygen atoms in total. The van der Waals surface area contributed by atoms with Gasteiger partial charge in [-0.25, -0.2) is 0 Å². The van der Waals surface area contributed by atoms with E-state index in [0.29, 0.717) is 24.9 Å². The Balaban J connectivity index is 1.58. The van der Waals surface area contributed by atoms with Crippen LogP contribution < -0.4 is 4.74 Å². The molecule has 0 fully saturated rings. The largest absolute Gasteiger partial charge is 0.435 e. The van der Waals surface area contributed by atoms with Gasteiger partial charge in [0.05, 0.1) is 6.54 Å². The van der Waals surface area contributed by atoms with Crippen LogP contribution in [-0.4, -0.2) is 28.8 Å². The number of hydrogen-bond donors (Lipinski definition) is 0. The van der Waals surface area contributed by atoms with Crippen molar-refractivity contribution in [3.05, 3.63) is 64.5 Å². The molecule has 0 amide bonds. The minimum atomic E-state index is -2.82. The lowest BCUT2D eigenvalue weighted by Gasteiger charge is -2.14. The molecular formula is C18H16BrF2N3O2. The molecule has 1 heterocycles. The zero-order chi connectivity index (χ0) is 18.5. The van der Waals surface area contributed by atoms with Crippen molar-refractivity contribution in [1.29, 1.82) is 0 Å². The Morgan fingerprint density at radius 2 is 1.73 bits per heavy atom. The summed E-state index contributed by atoms with van der Waals surface area (Å²) in [5.41, 5.74) is 1.81. The fourth-order valence-electron chi connectivity index (χ4n) is 2.40. The van der Waals surface area contributed by atoms with E-state index in [9.17, 15) is 8.78 Å². The van der Waals surface area contributed by atoms with Crippen molar-refractivity contribution in [3.8, 4) is 17.2 Å². The Labute approximate surface area is 157 Å². The number of halogens is 3. The van der Waals surface area contributed by atoms with Gasteiger partial charge in [0.1, 0.15) is 5.75 Å². The highest BCUT2D eigenvalue weighted by molar-refractivity contribution is 9.10. The van der Waals surface area contributed by atoms with Gasteiger partial charge in [-0.05, 0) is 49.0 Å². The van der Waals surface area contributed by atoms with E-state index in [1.807, 2.05) is 36.2 Å². The molecule has 8 heteroatoms. The minimum Gasteiger partial charge on any atom is -0.435 e. The molecular weight excluding hydrogens is 408 g/mol. The molecule has 0 aliphatic carbocycles. The molecule has 3 rings (SSSR count). The maximum Gasteiger partial charge on any atom is 0.387 e. The monoisotopic (exact) mass is 423 g/mol. The minimum absolute atomic E-state index is 0.141. The van der Waals surface area contributed by atoms with Gasteiger partial charge in [-0.2, -0.15) is 8.78 Å². The fraction of sp³-hybridized carbons (Fsp3) is 0.222. The van der Waals surface area contributed by atoms with Crippen molar-refractivity contribution >= 4 is 15.9 Å². The third kappa shape index (κ3) is 5.09. The second-order valence-corrected chi connectivity index (χ2v) is 6.62. The standard InChI is InChI=1S/C18H16BrF2N3O2/c1-24(10-12-2-8-15(9-3-12)25-18(20)21)11-16-22-23-17(26-16)13-4-6-14(19)7-5-13/h2-9,18H,10-11H2,1H3. The molecule has 0 atom stereocenters. The topological polar surface area (TPSA) is 51.4 Å². The summed E-state index contributed by atoms with van der Waals surface area (Å²) in [6, 6.07) is 14.1. The Kier molecular flexibility index (Phi) is 5.95. The molecule has 0 saturated carbocycles. The Morgan fingerprint density at radius 3 is 2.38 bits per heavy atom. The number of hydrogen-bond acceptors (Lipinski definition) is 5. The quantitative estimate of drug-likeness (QED) is 0.549. The second-order valence-electron chi connectivity index (χ2n) is 5.70. The summed E-state index contributed by atoms with van der Waals surface area (Å²) in [5, 5.41) is 8.14. The number of rotatable bonds is 7.